The van der Waals surface area contributed by atoms with Crippen LogP contribution in [0.1, 0.15) is 32.6 Å². The van der Waals surface area contributed by atoms with E-state index in [2.05, 4.69) is 0 Å². The van der Waals surface area contributed by atoms with Gasteiger partial charge in [0.05, 0.1) is 0 Å². The van der Waals surface area contributed by atoms with Crippen molar-refractivity contribution in [1.82, 2.24) is 4.90 Å². The molecule has 2 aliphatic rings. The number of nitrogens with zero attached hydrogens (tertiary/aromatic N) is 1. The molecule has 0 aromatic rings. The van der Waals surface area contributed by atoms with Crippen LogP contribution in [-0.2, 0) is 4.79 Å². The van der Waals surface area contributed by atoms with Crippen LogP contribution in [0.4, 0.5) is 8.78 Å². The predicted octanol–water partition coefficient (Wildman–Crippen LogP) is 2.90. The zero-order chi connectivity index (χ0) is 12.6. The van der Waals surface area contributed by atoms with Crippen molar-refractivity contribution in [3.63, 3.8) is 0 Å². The van der Waals surface area contributed by atoms with Gasteiger partial charge < -0.3 is 4.90 Å². The molecule has 3 atom stereocenters. The van der Waals surface area contributed by atoms with E-state index >= 15 is 0 Å². The second kappa shape index (κ2) is 4.71. The summed E-state index contributed by atoms with van der Waals surface area (Å²) in [6, 6.07) is 0. The van der Waals surface area contributed by atoms with Crippen LogP contribution in [0.15, 0.2) is 0 Å². The van der Waals surface area contributed by atoms with E-state index in [1.807, 2.05) is 6.92 Å². The Labute approximate surface area is 105 Å². The zero-order valence-corrected chi connectivity index (χ0v) is 10.7. The number of halogens is 3. The van der Waals surface area contributed by atoms with Gasteiger partial charge in [0.1, 0.15) is 5.38 Å². The number of fused-ring (bicyclic) bond motifs is 1. The van der Waals surface area contributed by atoms with Crippen LogP contribution in [0.5, 0.6) is 0 Å². The second-order valence-corrected chi connectivity index (χ2v) is 5.67. The number of carbonyl (C=O) groups excluding carboxylic acids is 1. The highest BCUT2D eigenvalue weighted by molar-refractivity contribution is 6.30. The van der Waals surface area contributed by atoms with Crippen LogP contribution in [0.25, 0.3) is 0 Å². The summed E-state index contributed by atoms with van der Waals surface area (Å²) in [6.45, 7) is 2.47. The minimum Gasteiger partial charge on any atom is -0.341 e. The van der Waals surface area contributed by atoms with E-state index in [1.54, 1.807) is 0 Å². The molecule has 1 aliphatic heterocycles. The molecule has 1 saturated heterocycles. The van der Waals surface area contributed by atoms with Crippen LogP contribution in [0.2, 0.25) is 0 Å². The topological polar surface area (TPSA) is 20.3 Å². The van der Waals surface area contributed by atoms with Crippen molar-refractivity contribution in [3.05, 3.63) is 0 Å². The molecule has 0 radical (unpaired) electrons. The number of amides is 1. The Morgan fingerprint density at radius 2 is 2.24 bits per heavy atom. The van der Waals surface area contributed by atoms with Crippen LogP contribution in [0.3, 0.4) is 0 Å². The molecule has 2 nitrogen and oxygen atoms in total. The van der Waals surface area contributed by atoms with Crippen molar-refractivity contribution >= 4 is 17.5 Å². The summed E-state index contributed by atoms with van der Waals surface area (Å²) in [6.07, 6.45) is 1.88. The highest BCUT2D eigenvalue weighted by atomic mass is 35.5. The summed E-state index contributed by atoms with van der Waals surface area (Å²) in [7, 11) is 0. The Bertz CT molecular complexity index is 311. The Balaban J connectivity index is 2.05. The summed E-state index contributed by atoms with van der Waals surface area (Å²) in [5.41, 5.74) is 0. The van der Waals surface area contributed by atoms with E-state index in [4.69, 9.17) is 11.6 Å². The lowest BCUT2D eigenvalue weighted by Crippen LogP contribution is -2.39. The van der Waals surface area contributed by atoms with Crippen molar-refractivity contribution < 1.29 is 13.6 Å². The van der Waals surface area contributed by atoms with Crippen molar-refractivity contribution in [2.45, 2.75) is 43.9 Å². The molecule has 0 unspecified atom stereocenters. The van der Waals surface area contributed by atoms with Gasteiger partial charge in [-0.25, -0.2) is 8.78 Å². The number of hydrogen-bond donors (Lipinski definition) is 0. The first-order valence-electron chi connectivity index (χ1n) is 6.26. The van der Waals surface area contributed by atoms with Crippen molar-refractivity contribution in [2.24, 2.45) is 11.8 Å². The predicted molar refractivity (Wildman–Crippen MR) is 62.3 cm³/mol. The molecule has 0 bridgehead atoms. The molecule has 2 rings (SSSR count). The van der Waals surface area contributed by atoms with Crippen molar-refractivity contribution in [1.29, 1.82) is 0 Å². The maximum Gasteiger partial charge on any atom is 0.252 e. The summed E-state index contributed by atoms with van der Waals surface area (Å²) in [5.74, 6) is -3.48. The first kappa shape index (κ1) is 13.1. The van der Waals surface area contributed by atoms with Gasteiger partial charge in [-0.3, -0.25) is 4.79 Å². The van der Waals surface area contributed by atoms with Gasteiger partial charge in [-0.1, -0.05) is 6.92 Å². The maximum atomic E-state index is 13.7. The molecule has 98 valence electrons. The Hall–Kier alpha value is -0.380. The highest BCUT2D eigenvalue weighted by Crippen LogP contribution is 2.46. The lowest BCUT2D eigenvalue weighted by Gasteiger charge is -2.32. The molecule has 0 N–H and O–H groups in total. The lowest BCUT2D eigenvalue weighted by molar-refractivity contribution is -0.130. The van der Waals surface area contributed by atoms with E-state index in [0.29, 0.717) is 19.4 Å². The fourth-order valence-electron chi connectivity index (χ4n) is 2.98. The number of carbonyl (C=O) groups is 1. The highest BCUT2D eigenvalue weighted by Gasteiger charge is 2.52. The normalized spacial score (nSPS) is 33.3. The molecule has 2 fully saturated rings. The number of rotatable bonds is 2. The fraction of sp³-hybridized carbons (Fsp3) is 0.917. The monoisotopic (exact) mass is 265 g/mol. The molecule has 1 heterocycles. The third-order valence-corrected chi connectivity index (χ3v) is 4.50. The lowest BCUT2D eigenvalue weighted by atomic mass is 9.79. The molecule has 1 amide bonds. The van der Waals surface area contributed by atoms with Gasteiger partial charge in [-0.05, 0) is 25.2 Å². The van der Waals surface area contributed by atoms with Gasteiger partial charge in [0.15, 0.2) is 0 Å². The molecule has 17 heavy (non-hydrogen) atoms. The molecular weight excluding hydrogens is 248 g/mol. The summed E-state index contributed by atoms with van der Waals surface area (Å²) in [4.78, 5) is 13.4. The standard InChI is InChI=1S/C12H18ClF2NO/c1-2-10(13)11(17)16-6-8-4-3-5-12(14,15)9(8)7-16/h8-10H,2-7H2,1H3/t8-,9+,10-/m0/s1. The van der Waals surface area contributed by atoms with Gasteiger partial charge >= 0.3 is 0 Å². The average Bonchev–Trinajstić information content (AvgIpc) is 2.72. The summed E-state index contributed by atoms with van der Waals surface area (Å²) < 4.78 is 27.4. The third-order valence-electron chi connectivity index (χ3n) is 4.01. The Morgan fingerprint density at radius 3 is 2.82 bits per heavy atom. The SMILES string of the molecule is CC[C@H](Cl)C(=O)N1C[C@@H]2CCCC(F)(F)[C@@H]2C1. The van der Waals surface area contributed by atoms with Crippen LogP contribution in [0, 0.1) is 11.8 Å². The molecular formula is C12H18ClF2NO. The van der Waals surface area contributed by atoms with Gasteiger partial charge in [0, 0.05) is 25.4 Å². The molecule has 0 aromatic carbocycles. The van der Waals surface area contributed by atoms with E-state index in [0.717, 1.165) is 6.42 Å². The molecule has 0 aromatic heterocycles. The molecule has 5 heteroatoms. The van der Waals surface area contributed by atoms with Crippen LogP contribution >= 0.6 is 11.6 Å². The van der Waals surface area contributed by atoms with Crippen molar-refractivity contribution in [3.8, 4) is 0 Å². The third kappa shape index (κ3) is 2.42. The molecule has 1 aliphatic carbocycles. The largest absolute Gasteiger partial charge is 0.341 e. The van der Waals surface area contributed by atoms with Crippen LogP contribution < -0.4 is 0 Å². The fourth-order valence-corrected chi connectivity index (χ4v) is 3.12. The van der Waals surface area contributed by atoms with Gasteiger partial charge in [-0.15, -0.1) is 11.6 Å². The van der Waals surface area contributed by atoms with Gasteiger partial charge in [0.2, 0.25) is 5.91 Å². The van der Waals surface area contributed by atoms with Gasteiger partial charge in [0.25, 0.3) is 5.92 Å². The van der Waals surface area contributed by atoms with E-state index in [-0.39, 0.29) is 24.8 Å². The molecule has 1 saturated carbocycles. The summed E-state index contributed by atoms with van der Waals surface area (Å²) >= 11 is 5.89. The quantitative estimate of drug-likeness (QED) is 0.703. The number of hydrogen-bond acceptors (Lipinski definition) is 1. The molecule has 0 spiro atoms. The maximum absolute atomic E-state index is 13.7. The second-order valence-electron chi connectivity index (χ2n) is 5.14. The van der Waals surface area contributed by atoms with Crippen LogP contribution in [-0.4, -0.2) is 35.2 Å². The average molecular weight is 266 g/mol. The smallest absolute Gasteiger partial charge is 0.252 e. The van der Waals surface area contributed by atoms with Crippen molar-refractivity contribution in [2.75, 3.05) is 13.1 Å². The zero-order valence-electron chi connectivity index (χ0n) is 9.96. The summed E-state index contributed by atoms with van der Waals surface area (Å²) in [5, 5.41) is -0.566. The Morgan fingerprint density at radius 1 is 1.53 bits per heavy atom. The van der Waals surface area contributed by atoms with E-state index in [9.17, 15) is 13.6 Å². The first-order chi connectivity index (χ1) is 7.95. The Kier molecular flexibility index (Phi) is 3.62. The number of likely N-dealkylation sites (tertiary alicyclic amines) is 1. The minimum atomic E-state index is -2.61. The van der Waals surface area contributed by atoms with E-state index < -0.39 is 17.2 Å². The number of alkyl halides is 3. The first-order valence-corrected chi connectivity index (χ1v) is 6.70. The van der Waals surface area contributed by atoms with E-state index in [1.165, 1.54) is 4.90 Å². The van der Waals surface area contributed by atoms with Gasteiger partial charge in [-0.2, -0.15) is 0 Å². The minimum absolute atomic E-state index is 0.0335.